The Morgan fingerprint density at radius 1 is 1.13 bits per heavy atom. The molecule has 3 heteroatoms. The van der Waals surface area contributed by atoms with Crippen LogP contribution in [0, 0.1) is 6.92 Å². The predicted octanol–water partition coefficient (Wildman–Crippen LogP) is 3.19. The van der Waals surface area contributed by atoms with E-state index in [0.29, 0.717) is 5.88 Å². The highest BCUT2D eigenvalue weighted by Crippen LogP contribution is 2.19. The molecule has 2 rings (SSSR count). The smallest absolute Gasteiger partial charge is 0.0606 e. The van der Waals surface area contributed by atoms with Crippen molar-refractivity contribution >= 4 is 11.6 Å². The second-order valence-corrected chi connectivity index (χ2v) is 3.68. The molecule has 2 nitrogen and oxygen atoms in total. The van der Waals surface area contributed by atoms with E-state index in [1.54, 1.807) is 6.20 Å². The summed E-state index contributed by atoms with van der Waals surface area (Å²) in [5, 5.41) is 7.86. The minimum absolute atomic E-state index is 0.550. The Labute approximate surface area is 93.9 Å². The van der Waals surface area contributed by atoms with Gasteiger partial charge in [0, 0.05) is 11.4 Å². The molecule has 0 aliphatic heterocycles. The standard InChI is InChI=1S/C12H11ClN2/c1-9-6-12(8-14-15-9)11-4-2-10(7-13)3-5-11/h2-6,8H,7H2,1H3. The van der Waals surface area contributed by atoms with Crippen molar-refractivity contribution in [1.82, 2.24) is 10.2 Å². The van der Waals surface area contributed by atoms with Crippen LogP contribution < -0.4 is 0 Å². The van der Waals surface area contributed by atoms with E-state index in [2.05, 4.69) is 10.2 Å². The van der Waals surface area contributed by atoms with Crippen molar-refractivity contribution in [1.29, 1.82) is 0 Å². The zero-order chi connectivity index (χ0) is 10.7. The Bertz CT molecular complexity index is 451. The number of rotatable bonds is 2. The molecule has 0 N–H and O–H groups in total. The van der Waals surface area contributed by atoms with Gasteiger partial charge in [-0.05, 0) is 24.1 Å². The van der Waals surface area contributed by atoms with Crippen molar-refractivity contribution in [3.8, 4) is 11.1 Å². The molecule has 76 valence electrons. The topological polar surface area (TPSA) is 25.8 Å². The van der Waals surface area contributed by atoms with Crippen LogP contribution in [0.1, 0.15) is 11.3 Å². The molecule has 0 saturated heterocycles. The van der Waals surface area contributed by atoms with Crippen molar-refractivity contribution in [3.05, 3.63) is 47.8 Å². The zero-order valence-corrected chi connectivity index (χ0v) is 9.20. The monoisotopic (exact) mass is 218 g/mol. The highest BCUT2D eigenvalue weighted by Gasteiger charge is 1.99. The van der Waals surface area contributed by atoms with Crippen molar-refractivity contribution in [2.75, 3.05) is 0 Å². The van der Waals surface area contributed by atoms with Crippen molar-refractivity contribution in [3.63, 3.8) is 0 Å². The van der Waals surface area contributed by atoms with Crippen LogP contribution in [0.4, 0.5) is 0 Å². The van der Waals surface area contributed by atoms with Crippen LogP contribution in [0.5, 0.6) is 0 Å². The Kier molecular flexibility index (Phi) is 2.97. The lowest BCUT2D eigenvalue weighted by Gasteiger charge is -2.02. The van der Waals surface area contributed by atoms with Gasteiger partial charge in [0.1, 0.15) is 0 Å². The summed E-state index contributed by atoms with van der Waals surface area (Å²) >= 11 is 5.73. The Balaban J connectivity index is 2.37. The fraction of sp³-hybridized carbons (Fsp3) is 0.167. The van der Waals surface area contributed by atoms with E-state index < -0.39 is 0 Å². The molecule has 1 aromatic carbocycles. The number of halogens is 1. The fourth-order valence-electron chi connectivity index (χ4n) is 1.42. The first kappa shape index (κ1) is 10.1. The van der Waals surface area contributed by atoms with Crippen LogP contribution in [0.25, 0.3) is 11.1 Å². The number of alkyl halides is 1. The maximum absolute atomic E-state index is 5.73. The van der Waals surface area contributed by atoms with E-state index in [9.17, 15) is 0 Å². The molecule has 0 atom stereocenters. The number of nitrogens with zero attached hydrogens (tertiary/aromatic N) is 2. The van der Waals surface area contributed by atoms with E-state index in [0.717, 1.165) is 22.4 Å². The van der Waals surface area contributed by atoms with Gasteiger partial charge in [-0.15, -0.1) is 11.6 Å². The molecule has 0 amide bonds. The first-order valence-electron chi connectivity index (χ1n) is 4.74. The summed E-state index contributed by atoms with van der Waals surface area (Å²) in [5.41, 5.74) is 4.28. The highest BCUT2D eigenvalue weighted by atomic mass is 35.5. The lowest BCUT2D eigenvalue weighted by Crippen LogP contribution is -1.87. The second-order valence-electron chi connectivity index (χ2n) is 3.42. The minimum Gasteiger partial charge on any atom is -0.158 e. The Hall–Kier alpha value is -1.41. The summed E-state index contributed by atoms with van der Waals surface area (Å²) in [6.45, 7) is 1.93. The summed E-state index contributed by atoms with van der Waals surface area (Å²) < 4.78 is 0. The highest BCUT2D eigenvalue weighted by molar-refractivity contribution is 6.17. The van der Waals surface area contributed by atoms with Gasteiger partial charge in [0.25, 0.3) is 0 Å². The molecule has 0 saturated carbocycles. The number of hydrogen-bond donors (Lipinski definition) is 0. The minimum atomic E-state index is 0.550. The first-order chi connectivity index (χ1) is 7.29. The maximum Gasteiger partial charge on any atom is 0.0606 e. The van der Waals surface area contributed by atoms with Crippen LogP contribution >= 0.6 is 11.6 Å². The number of benzene rings is 1. The third kappa shape index (κ3) is 2.34. The van der Waals surface area contributed by atoms with Crippen molar-refractivity contribution < 1.29 is 0 Å². The summed E-state index contributed by atoms with van der Waals surface area (Å²) in [6.07, 6.45) is 1.77. The van der Waals surface area contributed by atoms with Gasteiger partial charge in [0.15, 0.2) is 0 Å². The molecule has 0 spiro atoms. The molecule has 0 aliphatic carbocycles. The Morgan fingerprint density at radius 2 is 1.87 bits per heavy atom. The number of aromatic nitrogens is 2. The molecule has 0 aliphatic rings. The van der Waals surface area contributed by atoms with Crippen LogP contribution in [0.3, 0.4) is 0 Å². The van der Waals surface area contributed by atoms with E-state index >= 15 is 0 Å². The van der Waals surface area contributed by atoms with Gasteiger partial charge in [-0.25, -0.2) is 0 Å². The molecular formula is C12H11ClN2. The lowest BCUT2D eigenvalue weighted by atomic mass is 10.1. The first-order valence-corrected chi connectivity index (χ1v) is 5.27. The quantitative estimate of drug-likeness (QED) is 0.724. The molecule has 0 unspecified atom stereocenters. The van der Waals surface area contributed by atoms with Crippen LogP contribution in [-0.4, -0.2) is 10.2 Å². The molecule has 1 heterocycles. The largest absolute Gasteiger partial charge is 0.158 e. The second kappa shape index (κ2) is 4.41. The predicted molar refractivity (Wildman–Crippen MR) is 61.8 cm³/mol. The molecule has 1 aromatic heterocycles. The zero-order valence-electron chi connectivity index (χ0n) is 8.44. The van der Waals surface area contributed by atoms with E-state index in [1.807, 2.05) is 37.3 Å². The van der Waals surface area contributed by atoms with Crippen molar-refractivity contribution in [2.24, 2.45) is 0 Å². The lowest BCUT2D eigenvalue weighted by molar-refractivity contribution is 0.983. The summed E-state index contributed by atoms with van der Waals surface area (Å²) in [6, 6.07) is 10.2. The van der Waals surface area contributed by atoms with Crippen LogP contribution in [-0.2, 0) is 5.88 Å². The molecule has 0 radical (unpaired) electrons. The number of aryl methyl sites for hydroxylation is 1. The van der Waals surface area contributed by atoms with Crippen LogP contribution in [0.15, 0.2) is 36.5 Å². The van der Waals surface area contributed by atoms with Gasteiger partial charge in [-0.3, -0.25) is 0 Å². The average molecular weight is 219 g/mol. The summed E-state index contributed by atoms with van der Waals surface area (Å²) in [7, 11) is 0. The molecular weight excluding hydrogens is 208 g/mol. The maximum atomic E-state index is 5.73. The van der Waals surface area contributed by atoms with Gasteiger partial charge in [-0.1, -0.05) is 24.3 Å². The average Bonchev–Trinajstić information content (AvgIpc) is 2.29. The van der Waals surface area contributed by atoms with E-state index in [4.69, 9.17) is 11.6 Å². The van der Waals surface area contributed by atoms with Crippen LogP contribution in [0.2, 0.25) is 0 Å². The fourth-order valence-corrected chi connectivity index (χ4v) is 1.60. The normalized spacial score (nSPS) is 10.3. The molecule has 0 bridgehead atoms. The molecule has 15 heavy (non-hydrogen) atoms. The summed E-state index contributed by atoms with van der Waals surface area (Å²) in [5.74, 6) is 0.550. The molecule has 2 aromatic rings. The van der Waals surface area contributed by atoms with Gasteiger partial charge in [-0.2, -0.15) is 10.2 Å². The van der Waals surface area contributed by atoms with Gasteiger partial charge in [0.2, 0.25) is 0 Å². The van der Waals surface area contributed by atoms with E-state index in [-0.39, 0.29) is 0 Å². The van der Waals surface area contributed by atoms with Crippen molar-refractivity contribution in [2.45, 2.75) is 12.8 Å². The Morgan fingerprint density at radius 3 is 2.47 bits per heavy atom. The third-order valence-electron chi connectivity index (χ3n) is 2.22. The van der Waals surface area contributed by atoms with Gasteiger partial charge < -0.3 is 0 Å². The van der Waals surface area contributed by atoms with Gasteiger partial charge in [0.05, 0.1) is 11.9 Å². The van der Waals surface area contributed by atoms with Gasteiger partial charge >= 0.3 is 0 Å². The van der Waals surface area contributed by atoms with E-state index in [1.165, 1.54) is 0 Å². The third-order valence-corrected chi connectivity index (χ3v) is 2.53. The molecule has 0 fully saturated rings. The summed E-state index contributed by atoms with van der Waals surface area (Å²) in [4.78, 5) is 0. The SMILES string of the molecule is Cc1cc(-c2ccc(CCl)cc2)cnn1. The number of hydrogen-bond acceptors (Lipinski definition) is 2.